The van der Waals surface area contributed by atoms with Crippen LogP contribution in [0.15, 0.2) is 54.6 Å². The molecule has 0 aliphatic carbocycles. The summed E-state index contributed by atoms with van der Waals surface area (Å²) in [6, 6.07) is 12.9. The third kappa shape index (κ3) is 7.42. The van der Waals surface area contributed by atoms with Gasteiger partial charge in [0, 0.05) is 6.42 Å². The standard InChI is InChI=1S/C21H23FN2O6/c1-14(20(27)30-13-22)23-19(26)18(11-15-7-9-17(25)10-8-15)24-21(28)29-12-16-5-3-2-4-6-16/h2-10,14,18,25H,11-13H2,1H3,(H,23,26)(H,24,28)/t14-,18-/m0/s1. The molecule has 160 valence electrons. The molecule has 2 atom stereocenters. The minimum Gasteiger partial charge on any atom is -0.508 e. The van der Waals surface area contributed by atoms with Crippen LogP contribution in [0, 0.1) is 0 Å². The van der Waals surface area contributed by atoms with E-state index in [0.717, 1.165) is 5.56 Å². The molecule has 0 saturated carbocycles. The zero-order valence-electron chi connectivity index (χ0n) is 16.3. The number of alkyl carbamates (subject to hydrolysis) is 1. The van der Waals surface area contributed by atoms with Crippen molar-refractivity contribution in [2.45, 2.75) is 32.0 Å². The topological polar surface area (TPSA) is 114 Å². The van der Waals surface area contributed by atoms with Gasteiger partial charge in [0.15, 0.2) is 0 Å². The van der Waals surface area contributed by atoms with Gasteiger partial charge in [-0.2, -0.15) is 0 Å². The van der Waals surface area contributed by atoms with Crippen LogP contribution in [0.5, 0.6) is 5.75 Å². The summed E-state index contributed by atoms with van der Waals surface area (Å²) >= 11 is 0. The monoisotopic (exact) mass is 418 g/mol. The number of halogens is 1. The lowest BCUT2D eigenvalue weighted by molar-refractivity contribution is -0.151. The zero-order chi connectivity index (χ0) is 21.9. The Kier molecular flexibility index (Phi) is 8.61. The summed E-state index contributed by atoms with van der Waals surface area (Å²) in [5, 5.41) is 14.2. The van der Waals surface area contributed by atoms with Crippen molar-refractivity contribution in [3.05, 3.63) is 65.7 Å². The lowest BCUT2D eigenvalue weighted by atomic mass is 10.0. The third-order valence-electron chi connectivity index (χ3n) is 4.11. The van der Waals surface area contributed by atoms with Crippen LogP contribution in [0.1, 0.15) is 18.1 Å². The van der Waals surface area contributed by atoms with Crippen LogP contribution < -0.4 is 10.6 Å². The van der Waals surface area contributed by atoms with Crippen molar-refractivity contribution in [3.8, 4) is 5.75 Å². The number of amides is 2. The molecule has 3 N–H and O–H groups in total. The maximum atomic E-state index is 12.6. The average molecular weight is 418 g/mol. The van der Waals surface area contributed by atoms with Gasteiger partial charge < -0.3 is 25.2 Å². The molecule has 2 aromatic rings. The molecule has 0 spiro atoms. The SMILES string of the molecule is C[C@H](NC(=O)[C@H](Cc1ccc(O)cc1)NC(=O)OCc1ccccc1)C(=O)OCF. The molecule has 2 aromatic carbocycles. The highest BCUT2D eigenvalue weighted by atomic mass is 19.1. The predicted molar refractivity (Wildman–Crippen MR) is 105 cm³/mol. The number of carbonyl (C=O) groups is 3. The van der Waals surface area contributed by atoms with Gasteiger partial charge in [0.1, 0.15) is 24.4 Å². The minimum atomic E-state index is -1.31. The molecule has 0 heterocycles. The Morgan fingerprint density at radius 3 is 2.27 bits per heavy atom. The molecule has 30 heavy (non-hydrogen) atoms. The predicted octanol–water partition coefficient (Wildman–Crippen LogP) is 2.20. The number of phenols is 1. The lowest BCUT2D eigenvalue weighted by Crippen LogP contribution is -2.52. The first kappa shape index (κ1) is 22.7. The summed E-state index contributed by atoms with van der Waals surface area (Å²) in [6.45, 7) is 0.0424. The summed E-state index contributed by atoms with van der Waals surface area (Å²) < 4.78 is 21.5. The van der Waals surface area contributed by atoms with E-state index in [2.05, 4.69) is 15.4 Å². The van der Waals surface area contributed by atoms with Crippen molar-refractivity contribution < 1.29 is 33.4 Å². The maximum Gasteiger partial charge on any atom is 0.408 e. The van der Waals surface area contributed by atoms with E-state index in [1.807, 2.05) is 6.07 Å². The Balaban J connectivity index is 2.03. The number of esters is 1. The summed E-state index contributed by atoms with van der Waals surface area (Å²) in [5.74, 6) is -1.57. The Labute approximate surface area is 173 Å². The summed E-state index contributed by atoms with van der Waals surface area (Å²) in [6.07, 6.45) is -0.756. The fourth-order valence-corrected chi connectivity index (χ4v) is 2.54. The van der Waals surface area contributed by atoms with Gasteiger partial charge in [-0.25, -0.2) is 14.0 Å². The Hall–Kier alpha value is -3.62. The van der Waals surface area contributed by atoms with Crippen molar-refractivity contribution in [1.82, 2.24) is 10.6 Å². The van der Waals surface area contributed by atoms with Gasteiger partial charge in [0.05, 0.1) is 0 Å². The lowest BCUT2D eigenvalue weighted by Gasteiger charge is -2.20. The number of phenolic OH excluding ortho intramolecular Hbond substituents is 1. The number of hydrogen-bond acceptors (Lipinski definition) is 6. The van der Waals surface area contributed by atoms with E-state index in [-0.39, 0.29) is 18.8 Å². The maximum absolute atomic E-state index is 12.6. The van der Waals surface area contributed by atoms with E-state index in [0.29, 0.717) is 5.56 Å². The fraction of sp³-hybridized carbons (Fsp3) is 0.286. The second-order valence-corrected chi connectivity index (χ2v) is 6.43. The first-order chi connectivity index (χ1) is 14.4. The number of rotatable bonds is 9. The number of nitrogens with one attached hydrogen (secondary N) is 2. The molecular formula is C21H23FN2O6. The van der Waals surface area contributed by atoms with Crippen LogP contribution >= 0.6 is 0 Å². The summed E-state index contributed by atoms with van der Waals surface area (Å²) in [5.41, 5.74) is 1.42. The van der Waals surface area contributed by atoms with E-state index in [9.17, 15) is 23.9 Å². The largest absolute Gasteiger partial charge is 0.508 e. The molecule has 0 fully saturated rings. The first-order valence-electron chi connectivity index (χ1n) is 9.17. The number of carbonyl (C=O) groups excluding carboxylic acids is 3. The Morgan fingerprint density at radius 2 is 1.63 bits per heavy atom. The smallest absolute Gasteiger partial charge is 0.408 e. The number of alkyl halides is 1. The van der Waals surface area contributed by atoms with Crippen LogP contribution in [0.3, 0.4) is 0 Å². The van der Waals surface area contributed by atoms with E-state index >= 15 is 0 Å². The quantitative estimate of drug-likeness (QED) is 0.538. The molecule has 0 saturated heterocycles. The van der Waals surface area contributed by atoms with Gasteiger partial charge in [-0.15, -0.1) is 0 Å². The first-order valence-corrected chi connectivity index (χ1v) is 9.17. The molecule has 0 unspecified atom stereocenters. The second-order valence-electron chi connectivity index (χ2n) is 6.43. The summed E-state index contributed by atoms with van der Waals surface area (Å²) in [4.78, 5) is 36.4. The highest BCUT2D eigenvalue weighted by molar-refractivity contribution is 5.89. The number of hydrogen-bond donors (Lipinski definition) is 3. The van der Waals surface area contributed by atoms with Crippen LogP contribution in [-0.4, -0.2) is 42.0 Å². The van der Waals surface area contributed by atoms with Crippen molar-refractivity contribution >= 4 is 18.0 Å². The van der Waals surface area contributed by atoms with Gasteiger partial charge >= 0.3 is 12.1 Å². The molecule has 0 radical (unpaired) electrons. The number of benzene rings is 2. The van der Waals surface area contributed by atoms with Gasteiger partial charge in [0.2, 0.25) is 12.8 Å². The average Bonchev–Trinajstić information content (AvgIpc) is 2.74. The molecule has 0 aliphatic heterocycles. The van der Waals surface area contributed by atoms with E-state index < -0.39 is 36.9 Å². The molecule has 0 aromatic heterocycles. The van der Waals surface area contributed by atoms with Crippen LogP contribution in [-0.2, 0) is 32.1 Å². The molecule has 8 nitrogen and oxygen atoms in total. The summed E-state index contributed by atoms with van der Waals surface area (Å²) in [7, 11) is 0. The van der Waals surface area contributed by atoms with Gasteiger partial charge in [-0.1, -0.05) is 42.5 Å². The highest BCUT2D eigenvalue weighted by Crippen LogP contribution is 2.12. The molecule has 2 amide bonds. The number of ether oxygens (including phenoxy) is 2. The fourth-order valence-electron chi connectivity index (χ4n) is 2.54. The normalized spacial score (nSPS) is 12.3. The van der Waals surface area contributed by atoms with Crippen LogP contribution in [0.25, 0.3) is 0 Å². The van der Waals surface area contributed by atoms with E-state index in [4.69, 9.17) is 4.74 Å². The molecule has 9 heteroatoms. The third-order valence-corrected chi connectivity index (χ3v) is 4.11. The van der Waals surface area contributed by atoms with Crippen molar-refractivity contribution in [1.29, 1.82) is 0 Å². The Morgan fingerprint density at radius 1 is 0.967 bits per heavy atom. The van der Waals surface area contributed by atoms with E-state index in [1.54, 1.807) is 36.4 Å². The zero-order valence-corrected chi connectivity index (χ0v) is 16.3. The van der Waals surface area contributed by atoms with Crippen molar-refractivity contribution in [3.63, 3.8) is 0 Å². The van der Waals surface area contributed by atoms with Crippen LogP contribution in [0.4, 0.5) is 9.18 Å². The van der Waals surface area contributed by atoms with E-state index in [1.165, 1.54) is 19.1 Å². The molecule has 0 bridgehead atoms. The molecule has 2 rings (SSSR count). The van der Waals surface area contributed by atoms with Crippen LogP contribution in [0.2, 0.25) is 0 Å². The molecule has 0 aliphatic rings. The van der Waals surface area contributed by atoms with Crippen molar-refractivity contribution in [2.24, 2.45) is 0 Å². The van der Waals surface area contributed by atoms with Gasteiger partial charge in [-0.3, -0.25) is 4.79 Å². The molecular weight excluding hydrogens is 395 g/mol. The number of aromatic hydroxyl groups is 1. The second kappa shape index (κ2) is 11.4. The van der Waals surface area contributed by atoms with Gasteiger partial charge in [0.25, 0.3) is 0 Å². The minimum absolute atomic E-state index is 0.0133. The van der Waals surface area contributed by atoms with Gasteiger partial charge in [-0.05, 0) is 30.2 Å². The van der Waals surface area contributed by atoms with Crippen molar-refractivity contribution in [2.75, 3.05) is 6.86 Å². The Bertz CT molecular complexity index is 844. The highest BCUT2D eigenvalue weighted by Gasteiger charge is 2.26.